The molecule has 1 aliphatic carbocycles. The molecular weight excluding hydrogens is 580 g/mol. The van der Waals surface area contributed by atoms with Crippen LogP contribution in [0.4, 0.5) is 10.5 Å². The third kappa shape index (κ3) is 7.22. The highest BCUT2D eigenvalue weighted by Gasteiger charge is 2.33. The van der Waals surface area contributed by atoms with Gasteiger partial charge in [0.15, 0.2) is 0 Å². The van der Waals surface area contributed by atoms with Crippen LogP contribution in [-0.2, 0) is 22.5 Å². The highest BCUT2D eigenvalue weighted by atomic mass is 35.5. The molecule has 0 bridgehead atoms. The third-order valence-corrected chi connectivity index (χ3v) is 8.95. The minimum Gasteiger partial charge on any atom is -0.442 e. The van der Waals surface area contributed by atoms with Crippen LogP contribution in [0.15, 0.2) is 47.4 Å². The molecule has 1 aromatic carbocycles. The van der Waals surface area contributed by atoms with Crippen LogP contribution in [0.5, 0.6) is 0 Å². The number of hydrogen-bond acceptors (Lipinski definition) is 8. The van der Waals surface area contributed by atoms with Crippen LogP contribution in [0.3, 0.4) is 0 Å². The first-order valence-corrected chi connectivity index (χ1v) is 15.3. The molecule has 5 rings (SSSR count). The number of ether oxygens (including phenoxy) is 2. The number of pyridine rings is 1. The lowest BCUT2D eigenvalue weighted by molar-refractivity contribution is 0.0920. The van der Waals surface area contributed by atoms with Gasteiger partial charge in [-0.15, -0.1) is 11.3 Å². The number of rotatable bonds is 11. The average molecular weight is 615 g/mol. The Balaban J connectivity index is 1.28. The van der Waals surface area contributed by atoms with Crippen molar-refractivity contribution in [3.05, 3.63) is 73.3 Å². The van der Waals surface area contributed by atoms with Crippen LogP contribution in [0.1, 0.15) is 46.5 Å². The Morgan fingerprint density at radius 3 is 2.71 bits per heavy atom. The van der Waals surface area contributed by atoms with Gasteiger partial charge >= 0.3 is 6.09 Å². The number of carbonyl (C=O) groups excluding carboxylic acids is 2. The summed E-state index contributed by atoms with van der Waals surface area (Å²) in [6.07, 6.45) is 4.41. The summed E-state index contributed by atoms with van der Waals surface area (Å²) in [5.41, 5.74) is 3.68. The third-order valence-electron chi connectivity index (χ3n) is 7.72. The first kappa shape index (κ1) is 30.2. The van der Waals surface area contributed by atoms with Gasteiger partial charge in [-0.25, -0.2) is 4.79 Å². The summed E-state index contributed by atoms with van der Waals surface area (Å²) in [5.74, 6) is -0.269. The highest BCUT2D eigenvalue weighted by molar-refractivity contribution is 7.18. The molecule has 0 unspecified atom stereocenters. The summed E-state index contributed by atoms with van der Waals surface area (Å²) in [6.45, 7) is 1.38. The molecule has 1 aliphatic heterocycles. The van der Waals surface area contributed by atoms with Gasteiger partial charge < -0.3 is 30.2 Å². The molecule has 1 saturated carbocycles. The Morgan fingerprint density at radius 2 is 1.98 bits per heavy atom. The van der Waals surface area contributed by atoms with Crippen molar-refractivity contribution in [1.82, 2.24) is 15.6 Å². The Kier molecular flexibility index (Phi) is 9.96. The number of nitrogens with zero attached hydrogens (tertiary/aromatic N) is 1. The number of aromatic nitrogens is 1. The predicted octanol–water partition coefficient (Wildman–Crippen LogP) is 4.09. The summed E-state index contributed by atoms with van der Waals surface area (Å²) in [7, 11) is 1.60. The molecule has 0 spiro atoms. The first-order valence-electron chi connectivity index (χ1n) is 14.1. The number of aromatic amines is 1. The number of benzene rings is 1. The minimum atomic E-state index is -0.512. The summed E-state index contributed by atoms with van der Waals surface area (Å²) in [5, 5.41) is 16.1. The molecule has 2 aliphatic rings. The lowest BCUT2D eigenvalue weighted by Gasteiger charge is -2.26. The van der Waals surface area contributed by atoms with E-state index in [1.807, 2.05) is 24.3 Å². The van der Waals surface area contributed by atoms with Gasteiger partial charge in [0, 0.05) is 30.6 Å². The van der Waals surface area contributed by atoms with E-state index in [2.05, 4.69) is 15.6 Å². The van der Waals surface area contributed by atoms with E-state index in [-0.39, 0.29) is 37.3 Å². The van der Waals surface area contributed by atoms with E-state index in [0.29, 0.717) is 39.5 Å². The molecule has 4 N–H and O–H groups in total. The molecule has 224 valence electrons. The zero-order valence-electron chi connectivity index (χ0n) is 23.4. The van der Waals surface area contributed by atoms with E-state index in [1.54, 1.807) is 25.4 Å². The number of carbonyl (C=O) groups is 2. The van der Waals surface area contributed by atoms with Gasteiger partial charge in [0.1, 0.15) is 6.10 Å². The fraction of sp³-hybridized carbons (Fsp3) is 0.433. The summed E-state index contributed by atoms with van der Waals surface area (Å²) in [6, 6.07) is 11.2. The zero-order valence-corrected chi connectivity index (χ0v) is 24.9. The second-order valence-electron chi connectivity index (χ2n) is 10.6. The summed E-state index contributed by atoms with van der Waals surface area (Å²) < 4.78 is 11.5. The van der Waals surface area contributed by atoms with Crippen molar-refractivity contribution in [3.8, 4) is 11.1 Å². The summed E-state index contributed by atoms with van der Waals surface area (Å²) >= 11 is 7.11. The topological polar surface area (TPSA) is 133 Å². The number of H-pyrrole nitrogens is 1. The van der Waals surface area contributed by atoms with Gasteiger partial charge in [-0.2, -0.15) is 0 Å². The van der Waals surface area contributed by atoms with Crippen LogP contribution in [0.2, 0.25) is 4.34 Å². The van der Waals surface area contributed by atoms with Gasteiger partial charge in [0.05, 0.1) is 35.0 Å². The minimum absolute atomic E-state index is 0.140. The molecular formula is C30H35ClN4O6S. The van der Waals surface area contributed by atoms with Gasteiger partial charge in [0.2, 0.25) is 0 Å². The molecule has 3 aromatic rings. The monoisotopic (exact) mass is 614 g/mol. The van der Waals surface area contributed by atoms with Crippen LogP contribution in [0, 0.1) is 0 Å². The maximum absolute atomic E-state index is 12.9. The molecule has 2 fully saturated rings. The van der Waals surface area contributed by atoms with Gasteiger partial charge in [-0.1, -0.05) is 17.7 Å². The fourth-order valence-electron chi connectivity index (χ4n) is 5.55. The van der Waals surface area contributed by atoms with E-state index in [4.69, 9.17) is 21.1 Å². The lowest BCUT2D eigenvalue weighted by Crippen LogP contribution is -2.36. The van der Waals surface area contributed by atoms with Crippen molar-refractivity contribution in [2.45, 2.75) is 57.0 Å². The number of cyclic esters (lactones) is 1. The molecule has 3 heterocycles. The Hall–Kier alpha value is -3.22. The predicted molar refractivity (Wildman–Crippen MR) is 162 cm³/mol. The van der Waals surface area contributed by atoms with Crippen LogP contribution < -0.4 is 21.1 Å². The quantitative estimate of drug-likeness (QED) is 0.256. The fourth-order valence-corrected chi connectivity index (χ4v) is 6.51. The van der Waals surface area contributed by atoms with E-state index >= 15 is 0 Å². The van der Waals surface area contributed by atoms with Crippen molar-refractivity contribution >= 4 is 40.6 Å². The maximum atomic E-state index is 12.9. The van der Waals surface area contributed by atoms with Crippen LogP contribution >= 0.6 is 22.9 Å². The van der Waals surface area contributed by atoms with Crippen molar-refractivity contribution in [3.63, 3.8) is 0 Å². The highest BCUT2D eigenvalue weighted by Crippen LogP contribution is 2.32. The number of aliphatic hydroxyl groups is 1. The zero-order chi connectivity index (χ0) is 29.6. The standard InChI is InChI=1S/C30H35ClN4O6S/c1-40-17-18-14-20(35-16-22(41-30(35)39)15-34-29(38)26-8-9-27(31)42-26)4-7-23(18)24-10-13-33-28(37)25(24)11-12-32-19-2-5-21(36)6-3-19/h4,7-10,13-14,19,21-22,32,36H,2-3,5-6,11-12,15-17H2,1H3,(H,33,37)(H,34,38)/t19?,21?,22-/m0/s1. The SMILES string of the molecule is COCc1cc(N2C[C@H](CNC(=O)c3ccc(Cl)s3)OC2=O)ccc1-c1cc[nH]c(=O)c1CCNC1CCC(O)CC1. The second-order valence-corrected chi connectivity index (χ2v) is 12.3. The normalized spacial score (nSPS) is 20.5. The number of hydrogen-bond donors (Lipinski definition) is 4. The molecule has 42 heavy (non-hydrogen) atoms. The van der Waals surface area contributed by atoms with E-state index in [9.17, 15) is 19.5 Å². The molecule has 2 aromatic heterocycles. The van der Waals surface area contributed by atoms with E-state index in [1.165, 1.54) is 16.2 Å². The second kappa shape index (κ2) is 13.8. The van der Waals surface area contributed by atoms with Gasteiger partial charge in [-0.05, 0) is 85.7 Å². The van der Waals surface area contributed by atoms with Crippen molar-refractivity contribution in [1.29, 1.82) is 0 Å². The number of amides is 2. The number of thiophene rings is 1. The van der Waals surface area contributed by atoms with Crippen molar-refractivity contribution in [2.24, 2.45) is 0 Å². The van der Waals surface area contributed by atoms with Crippen LogP contribution in [0.25, 0.3) is 11.1 Å². The first-order chi connectivity index (χ1) is 20.3. The maximum Gasteiger partial charge on any atom is 0.414 e. The Morgan fingerprint density at radius 1 is 1.17 bits per heavy atom. The molecule has 2 amide bonds. The van der Waals surface area contributed by atoms with Crippen molar-refractivity contribution < 1.29 is 24.2 Å². The smallest absolute Gasteiger partial charge is 0.414 e. The van der Waals surface area contributed by atoms with Crippen molar-refractivity contribution in [2.75, 3.05) is 31.6 Å². The molecule has 12 heteroatoms. The molecule has 0 radical (unpaired) electrons. The average Bonchev–Trinajstić information content (AvgIpc) is 3.59. The Bertz CT molecular complexity index is 1470. The molecule has 1 saturated heterocycles. The molecule has 1 atom stereocenters. The summed E-state index contributed by atoms with van der Waals surface area (Å²) in [4.78, 5) is 42.9. The number of aliphatic hydroxyl groups excluding tert-OH is 1. The number of halogens is 1. The number of methoxy groups -OCH3 is 1. The Labute approximate surface area is 253 Å². The lowest BCUT2D eigenvalue weighted by atomic mass is 9.92. The molecule has 10 nitrogen and oxygen atoms in total. The van der Waals surface area contributed by atoms with Gasteiger partial charge in [0.25, 0.3) is 11.5 Å². The van der Waals surface area contributed by atoms with Gasteiger partial charge in [-0.3, -0.25) is 14.5 Å². The number of anilines is 1. The van der Waals surface area contributed by atoms with E-state index < -0.39 is 12.2 Å². The number of nitrogens with one attached hydrogen (secondary N) is 3. The largest absolute Gasteiger partial charge is 0.442 e. The van der Waals surface area contributed by atoms with E-state index in [0.717, 1.165) is 42.4 Å². The van der Waals surface area contributed by atoms with Crippen LogP contribution in [-0.4, -0.2) is 67.1 Å².